The molecule has 0 aromatic heterocycles. The van der Waals surface area contributed by atoms with Crippen LogP contribution in [-0.4, -0.2) is 35.0 Å². The lowest BCUT2D eigenvalue weighted by atomic mass is 9.87. The summed E-state index contributed by atoms with van der Waals surface area (Å²) in [5.74, 6) is -1.44. The molecule has 5 nitrogen and oxygen atoms in total. The average Bonchev–Trinajstić information content (AvgIpc) is 2.82. The van der Waals surface area contributed by atoms with E-state index >= 15 is 0 Å². The van der Waals surface area contributed by atoms with Crippen molar-refractivity contribution in [2.45, 2.75) is 25.3 Å². The molecule has 1 aliphatic heterocycles. The molecule has 0 spiro atoms. The topological polar surface area (TPSA) is 66.8 Å². The predicted octanol–water partition coefficient (Wildman–Crippen LogP) is 5.05. The predicted molar refractivity (Wildman–Crippen MR) is 123 cm³/mol. The van der Waals surface area contributed by atoms with Gasteiger partial charge in [0.2, 0.25) is 5.91 Å². The van der Waals surface area contributed by atoms with Crippen LogP contribution in [0.1, 0.15) is 34.7 Å². The van der Waals surface area contributed by atoms with Crippen LogP contribution in [0.5, 0.6) is 5.75 Å². The second-order valence-corrected chi connectivity index (χ2v) is 8.37. The third-order valence-electron chi connectivity index (χ3n) is 5.76. The summed E-state index contributed by atoms with van der Waals surface area (Å²) in [4.78, 5) is 26.2. The quantitative estimate of drug-likeness (QED) is 0.528. The van der Waals surface area contributed by atoms with Gasteiger partial charge in [-0.2, -0.15) is 0 Å². The van der Waals surface area contributed by atoms with Crippen molar-refractivity contribution in [3.05, 3.63) is 99.8 Å². The SMILES string of the molecule is O=C(O)COc1ccc(F)cc1C1c2ccccc2CCN1C(=O)CCc1ccc(Cl)cc1. The van der Waals surface area contributed by atoms with Gasteiger partial charge >= 0.3 is 5.97 Å². The van der Waals surface area contributed by atoms with E-state index in [0.29, 0.717) is 30.0 Å². The molecule has 1 heterocycles. The number of carboxylic acids is 1. The first-order valence-corrected chi connectivity index (χ1v) is 11.1. The number of carbonyl (C=O) groups excluding carboxylic acids is 1. The number of amides is 1. The molecule has 0 fully saturated rings. The normalized spacial score (nSPS) is 15.1. The van der Waals surface area contributed by atoms with E-state index in [1.807, 2.05) is 36.4 Å². The number of aryl methyl sites for hydroxylation is 1. The maximum absolute atomic E-state index is 14.3. The number of nitrogens with zero attached hydrogens (tertiary/aromatic N) is 1. The van der Waals surface area contributed by atoms with Crippen molar-refractivity contribution >= 4 is 23.5 Å². The average molecular weight is 468 g/mol. The lowest BCUT2D eigenvalue weighted by Crippen LogP contribution is -2.41. The van der Waals surface area contributed by atoms with Gasteiger partial charge in [0.15, 0.2) is 6.61 Å². The maximum atomic E-state index is 14.3. The summed E-state index contributed by atoms with van der Waals surface area (Å²) >= 11 is 5.95. The van der Waals surface area contributed by atoms with Crippen LogP contribution in [0.2, 0.25) is 5.02 Å². The number of aliphatic carboxylic acids is 1. The summed E-state index contributed by atoms with van der Waals surface area (Å²) in [6.45, 7) is -0.0898. The van der Waals surface area contributed by atoms with Crippen LogP contribution in [0.25, 0.3) is 0 Å². The number of ether oxygens (including phenoxy) is 1. The standard InChI is InChI=1S/C26H23ClFNO4/c27-19-8-5-17(6-9-19)7-12-24(30)29-14-13-18-3-1-2-4-21(18)26(29)22-15-20(28)10-11-23(22)33-16-25(31)32/h1-6,8-11,15,26H,7,12-14,16H2,(H,31,32). The summed E-state index contributed by atoms with van der Waals surface area (Å²) < 4.78 is 19.8. The number of halogens is 2. The summed E-state index contributed by atoms with van der Waals surface area (Å²) in [6, 6.07) is 18.5. The van der Waals surface area contributed by atoms with Crippen molar-refractivity contribution in [3.63, 3.8) is 0 Å². The Labute approximate surface area is 196 Å². The van der Waals surface area contributed by atoms with Crippen LogP contribution in [0.3, 0.4) is 0 Å². The van der Waals surface area contributed by atoms with Crippen LogP contribution < -0.4 is 4.74 Å². The minimum Gasteiger partial charge on any atom is -0.482 e. The van der Waals surface area contributed by atoms with Crippen molar-refractivity contribution in [1.82, 2.24) is 4.90 Å². The zero-order valence-corrected chi connectivity index (χ0v) is 18.6. The third kappa shape index (κ3) is 5.34. The lowest BCUT2D eigenvalue weighted by Gasteiger charge is -2.38. The number of hydrogen-bond acceptors (Lipinski definition) is 3. The Morgan fingerprint density at radius 1 is 1.06 bits per heavy atom. The summed E-state index contributed by atoms with van der Waals surface area (Å²) in [5, 5.41) is 9.69. The van der Waals surface area contributed by atoms with Gasteiger partial charge in [0.25, 0.3) is 0 Å². The molecule has 1 N–H and O–H groups in total. The van der Waals surface area contributed by atoms with Crippen molar-refractivity contribution < 1.29 is 23.8 Å². The first-order valence-electron chi connectivity index (χ1n) is 10.7. The van der Waals surface area contributed by atoms with Crippen molar-refractivity contribution in [1.29, 1.82) is 0 Å². The second kappa shape index (κ2) is 10.0. The molecule has 1 amide bonds. The minimum absolute atomic E-state index is 0.0714. The molecule has 7 heteroatoms. The molecule has 4 rings (SSSR count). The number of fused-ring (bicyclic) bond motifs is 1. The van der Waals surface area contributed by atoms with E-state index in [9.17, 15) is 14.0 Å². The highest BCUT2D eigenvalue weighted by atomic mass is 35.5. The van der Waals surface area contributed by atoms with E-state index in [-0.39, 0.29) is 18.1 Å². The molecule has 0 saturated carbocycles. The number of rotatable bonds is 7. The van der Waals surface area contributed by atoms with Gasteiger partial charge in [0.05, 0.1) is 6.04 Å². The highest BCUT2D eigenvalue weighted by Crippen LogP contribution is 2.40. The Bertz CT molecular complexity index is 1170. The highest BCUT2D eigenvalue weighted by Gasteiger charge is 2.34. The summed E-state index contributed by atoms with van der Waals surface area (Å²) in [5.41, 5.74) is 3.38. The van der Waals surface area contributed by atoms with E-state index in [4.69, 9.17) is 21.4 Å². The highest BCUT2D eigenvalue weighted by molar-refractivity contribution is 6.30. The van der Waals surface area contributed by atoms with Gasteiger partial charge in [-0.15, -0.1) is 0 Å². The van der Waals surface area contributed by atoms with Gasteiger partial charge in [-0.05, 0) is 59.9 Å². The molecule has 0 aliphatic carbocycles. The minimum atomic E-state index is -1.13. The molecular formula is C26H23ClFNO4. The Hall–Kier alpha value is -3.38. The summed E-state index contributed by atoms with van der Waals surface area (Å²) in [7, 11) is 0. The molecular weight excluding hydrogens is 445 g/mol. The largest absolute Gasteiger partial charge is 0.482 e. The van der Waals surface area contributed by atoms with E-state index in [1.165, 1.54) is 18.2 Å². The second-order valence-electron chi connectivity index (χ2n) is 7.93. The third-order valence-corrected chi connectivity index (χ3v) is 6.01. The van der Waals surface area contributed by atoms with Gasteiger partial charge in [0.1, 0.15) is 11.6 Å². The number of carboxylic acid groups (broad SMARTS) is 1. The van der Waals surface area contributed by atoms with Gasteiger partial charge in [-0.1, -0.05) is 48.0 Å². The fourth-order valence-electron chi connectivity index (χ4n) is 4.22. The molecule has 1 atom stereocenters. The molecule has 170 valence electrons. The zero-order chi connectivity index (χ0) is 23.4. The van der Waals surface area contributed by atoms with E-state index in [0.717, 1.165) is 16.7 Å². The number of hydrogen-bond donors (Lipinski definition) is 1. The van der Waals surface area contributed by atoms with Crippen LogP contribution in [-0.2, 0) is 22.4 Å². The van der Waals surface area contributed by atoms with Gasteiger partial charge < -0.3 is 14.7 Å². The monoisotopic (exact) mass is 467 g/mol. The van der Waals surface area contributed by atoms with Crippen LogP contribution in [0.15, 0.2) is 66.7 Å². The van der Waals surface area contributed by atoms with Gasteiger partial charge in [0, 0.05) is 23.6 Å². The number of benzene rings is 3. The van der Waals surface area contributed by atoms with Crippen LogP contribution in [0, 0.1) is 5.82 Å². The van der Waals surface area contributed by atoms with E-state index in [1.54, 1.807) is 17.0 Å². The van der Waals surface area contributed by atoms with Crippen LogP contribution >= 0.6 is 11.6 Å². The fourth-order valence-corrected chi connectivity index (χ4v) is 4.35. The molecule has 1 unspecified atom stereocenters. The van der Waals surface area contributed by atoms with Crippen molar-refractivity contribution in [3.8, 4) is 5.75 Å². The van der Waals surface area contributed by atoms with Gasteiger partial charge in [-0.25, -0.2) is 9.18 Å². The molecule has 0 saturated heterocycles. The van der Waals surface area contributed by atoms with E-state index < -0.39 is 24.4 Å². The molecule has 3 aromatic carbocycles. The van der Waals surface area contributed by atoms with Gasteiger partial charge in [-0.3, -0.25) is 4.79 Å². The summed E-state index contributed by atoms with van der Waals surface area (Å²) in [6.07, 6.45) is 1.51. The van der Waals surface area contributed by atoms with E-state index in [2.05, 4.69) is 0 Å². The molecule has 3 aromatic rings. The van der Waals surface area contributed by atoms with Crippen molar-refractivity contribution in [2.75, 3.05) is 13.2 Å². The molecule has 0 bridgehead atoms. The Morgan fingerprint density at radius 2 is 1.82 bits per heavy atom. The molecule has 33 heavy (non-hydrogen) atoms. The lowest BCUT2D eigenvalue weighted by molar-refractivity contribution is -0.139. The fraction of sp³-hybridized carbons (Fsp3) is 0.231. The molecule has 1 aliphatic rings. The molecule has 0 radical (unpaired) electrons. The first kappa shape index (κ1) is 22.8. The maximum Gasteiger partial charge on any atom is 0.341 e. The Balaban J connectivity index is 1.67. The Morgan fingerprint density at radius 3 is 2.58 bits per heavy atom. The first-order chi connectivity index (χ1) is 15.9. The smallest absolute Gasteiger partial charge is 0.341 e. The number of carbonyl (C=O) groups is 2. The Kier molecular flexibility index (Phi) is 6.94. The zero-order valence-electron chi connectivity index (χ0n) is 17.8. The van der Waals surface area contributed by atoms with Crippen molar-refractivity contribution in [2.24, 2.45) is 0 Å². The van der Waals surface area contributed by atoms with Crippen LogP contribution in [0.4, 0.5) is 4.39 Å².